The predicted octanol–water partition coefficient (Wildman–Crippen LogP) is 3.53. The van der Waals surface area contributed by atoms with Gasteiger partial charge in [-0.05, 0) is 66.5 Å². The lowest BCUT2D eigenvalue weighted by Gasteiger charge is -2.26. The standard InChI is InChI=1S/C25H29BrN8O/c1-14-10-17(30-21(35)13-33-8-6-28-7-9-33)4-5-20(14)34-15(2)11-18(16(34)3)24-31-23-22(27)19(26)12-29-25(23)32-24/h4-5,10-12,28H,6-9,13H2,1-3H3,(H,30,35)(H3,27,29,31,32). The molecule has 0 bridgehead atoms. The molecule has 1 aliphatic rings. The van der Waals surface area contributed by atoms with Crippen LogP contribution in [0.15, 0.2) is 34.9 Å². The number of hydrogen-bond acceptors (Lipinski definition) is 6. The molecule has 0 radical (unpaired) electrons. The van der Waals surface area contributed by atoms with E-state index in [2.05, 4.69) is 83.9 Å². The van der Waals surface area contributed by atoms with Crippen LogP contribution in [0, 0.1) is 20.8 Å². The lowest BCUT2D eigenvalue weighted by molar-refractivity contribution is -0.117. The Hall–Kier alpha value is -3.21. The van der Waals surface area contributed by atoms with Gasteiger partial charge >= 0.3 is 0 Å². The molecule has 182 valence electrons. The number of carbonyl (C=O) groups is 1. The van der Waals surface area contributed by atoms with Gasteiger partial charge in [0.2, 0.25) is 5.91 Å². The second-order valence-corrected chi connectivity index (χ2v) is 9.85. The van der Waals surface area contributed by atoms with Crippen molar-refractivity contribution in [2.75, 3.05) is 43.8 Å². The third kappa shape index (κ3) is 4.56. The van der Waals surface area contributed by atoms with Crippen LogP contribution >= 0.6 is 15.9 Å². The van der Waals surface area contributed by atoms with Gasteiger partial charge in [0.15, 0.2) is 5.65 Å². The number of fused-ring (bicyclic) bond motifs is 1. The van der Waals surface area contributed by atoms with Crippen molar-refractivity contribution in [3.05, 3.63) is 51.9 Å². The van der Waals surface area contributed by atoms with Gasteiger partial charge in [-0.15, -0.1) is 0 Å². The molecule has 1 fully saturated rings. The van der Waals surface area contributed by atoms with Crippen LogP contribution in [-0.2, 0) is 4.79 Å². The van der Waals surface area contributed by atoms with Gasteiger partial charge in [0.05, 0.1) is 16.7 Å². The number of benzene rings is 1. The summed E-state index contributed by atoms with van der Waals surface area (Å²) in [4.78, 5) is 27.1. The molecule has 1 saturated heterocycles. The summed E-state index contributed by atoms with van der Waals surface area (Å²) in [5.74, 6) is 0.741. The van der Waals surface area contributed by atoms with Crippen molar-refractivity contribution in [2.45, 2.75) is 20.8 Å². The van der Waals surface area contributed by atoms with Gasteiger partial charge in [-0.1, -0.05) is 0 Å². The first-order valence-corrected chi connectivity index (χ1v) is 12.4. The summed E-state index contributed by atoms with van der Waals surface area (Å²) in [5, 5.41) is 6.35. The molecule has 35 heavy (non-hydrogen) atoms. The van der Waals surface area contributed by atoms with Crippen LogP contribution in [0.2, 0.25) is 0 Å². The van der Waals surface area contributed by atoms with Crippen molar-refractivity contribution in [3.63, 3.8) is 0 Å². The number of amides is 1. The maximum absolute atomic E-state index is 12.5. The summed E-state index contributed by atoms with van der Waals surface area (Å²) in [6.07, 6.45) is 1.67. The van der Waals surface area contributed by atoms with Gasteiger partial charge in [0.1, 0.15) is 11.3 Å². The Morgan fingerprint density at radius 3 is 2.71 bits per heavy atom. The molecule has 10 heteroatoms. The number of aryl methyl sites for hydroxylation is 2. The first-order chi connectivity index (χ1) is 16.8. The Morgan fingerprint density at radius 1 is 1.20 bits per heavy atom. The van der Waals surface area contributed by atoms with E-state index in [4.69, 9.17) is 5.73 Å². The van der Waals surface area contributed by atoms with Gasteiger partial charge in [-0.3, -0.25) is 9.69 Å². The summed E-state index contributed by atoms with van der Waals surface area (Å²) < 4.78 is 2.94. The van der Waals surface area contributed by atoms with E-state index in [0.717, 1.165) is 75.9 Å². The summed E-state index contributed by atoms with van der Waals surface area (Å²) >= 11 is 3.43. The summed E-state index contributed by atoms with van der Waals surface area (Å²) in [6.45, 7) is 10.3. The number of piperazine rings is 1. The number of aromatic amines is 1. The molecule has 4 heterocycles. The highest BCUT2D eigenvalue weighted by Crippen LogP contribution is 2.33. The highest BCUT2D eigenvalue weighted by atomic mass is 79.9. The topological polar surface area (TPSA) is 117 Å². The molecule has 0 atom stereocenters. The third-order valence-corrected chi connectivity index (χ3v) is 7.13. The van der Waals surface area contributed by atoms with Crippen LogP contribution in [0.3, 0.4) is 0 Å². The number of carbonyl (C=O) groups excluding carboxylic acids is 1. The number of rotatable bonds is 5. The molecule has 5 rings (SSSR count). The van der Waals surface area contributed by atoms with Crippen molar-refractivity contribution < 1.29 is 4.79 Å². The fourth-order valence-corrected chi connectivity index (χ4v) is 5.01. The van der Waals surface area contributed by atoms with Crippen LogP contribution in [0.1, 0.15) is 17.0 Å². The van der Waals surface area contributed by atoms with Crippen LogP contribution in [-0.4, -0.2) is 63.0 Å². The number of nitrogen functional groups attached to an aromatic ring is 1. The van der Waals surface area contributed by atoms with E-state index in [9.17, 15) is 4.79 Å². The van der Waals surface area contributed by atoms with Crippen molar-refractivity contribution in [2.24, 2.45) is 0 Å². The Labute approximate surface area is 212 Å². The number of hydrogen-bond donors (Lipinski definition) is 4. The molecule has 5 N–H and O–H groups in total. The molecule has 0 saturated carbocycles. The van der Waals surface area contributed by atoms with Crippen LogP contribution in [0.4, 0.5) is 11.4 Å². The molecule has 4 aromatic rings. The van der Waals surface area contributed by atoms with Gasteiger partial charge in [0, 0.05) is 60.7 Å². The van der Waals surface area contributed by atoms with E-state index in [1.54, 1.807) is 6.20 Å². The highest BCUT2D eigenvalue weighted by molar-refractivity contribution is 9.10. The second-order valence-electron chi connectivity index (χ2n) is 9.00. The molecule has 1 aliphatic heterocycles. The highest BCUT2D eigenvalue weighted by Gasteiger charge is 2.19. The number of aromatic nitrogens is 4. The predicted molar refractivity (Wildman–Crippen MR) is 143 cm³/mol. The number of nitrogens with two attached hydrogens (primary N) is 1. The lowest BCUT2D eigenvalue weighted by atomic mass is 10.1. The molecule has 9 nitrogen and oxygen atoms in total. The Morgan fingerprint density at radius 2 is 1.97 bits per heavy atom. The van der Waals surface area contributed by atoms with Crippen molar-refractivity contribution >= 4 is 44.4 Å². The van der Waals surface area contributed by atoms with E-state index < -0.39 is 0 Å². The van der Waals surface area contributed by atoms with E-state index in [0.29, 0.717) is 17.9 Å². The number of H-pyrrole nitrogens is 1. The molecule has 3 aromatic heterocycles. The van der Waals surface area contributed by atoms with Crippen molar-refractivity contribution in [3.8, 4) is 17.1 Å². The van der Waals surface area contributed by atoms with E-state index in [1.807, 2.05) is 12.1 Å². The first-order valence-electron chi connectivity index (χ1n) is 11.6. The molecule has 0 aliphatic carbocycles. The number of nitrogens with one attached hydrogen (secondary N) is 3. The Kier molecular flexibility index (Phi) is 6.35. The fraction of sp³-hybridized carbons (Fsp3) is 0.320. The molecule has 0 unspecified atom stereocenters. The minimum absolute atomic E-state index is 0.0130. The average Bonchev–Trinajstić information content (AvgIpc) is 3.38. The van der Waals surface area contributed by atoms with Crippen LogP contribution < -0.4 is 16.4 Å². The first kappa shape index (κ1) is 23.5. The minimum atomic E-state index is 0.0130. The second kappa shape index (κ2) is 9.44. The lowest BCUT2D eigenvalue weighted by Crippen LogP contribution is -2.46. The number of imidazole rings is 1. The third-order valence-electron chi connectivity index (χ3n) is 6.50. The average molecular weight is 537 g/mol. The number of nitrogens with zero attached hydrogens (tertiary/aromatic N) is 4. The molecule has 1 aromatic carbocycles. The van der Waals surface area contributed by atoms with Gasteiger partial charge in [-0.2, -0.15) is 0 Å². The monoisotopic (exact) mass is 536 g/mol. The van der Waals surface area contributed by atoms with Crippen molar-refractivity contribution in [1.29, 1.82) is 0 Å². The molecular formula is C25H29BrN8O. The van der Waals surface area contributed by atoms with E-state index in [-0.39, 0.29) is 5.91 Å². The van der Waals surface area contributed by atoms with Gasteiger partial charge in [0.25, 0.3) is 0 Å². The number of halogens is 1. The largest absolute Gasteiger partial charge is 0.396 e. The molecular weight excluding hydrogens is 508 g/mol. The minimum Gasteiger partial charge on any atom is -0.396 e. The van der Waals surface area contributed by atoms with Crippen LogP contribution in [0.25, 0.3) is 28.2 Å². The van der Waals surface area contributed by atoms with Crippen molar-refractivity contribution in [1.82, 2.24) is 29.7 Å². The normalized spacial score (nSPS) is 14.5. The fourth-order valence-electron chi connectivity index (χ4n) is 4.71. The number of anilines is 2. The van der Waals surface area contributed by atoms with E-state index >= 15 is 0 Å². The Balaban J connectivity index is 1.40. The zero-order chi connectivity index (χ0) is 24.7. The maximum Gasteiger partial charge on any atom is 0.238 e. The van der Waals surface area contributed by atoms with Gasteiger partial charge < -0.3 is 25.9 Å². The van der Waals surface area contributed by atoms with Crippen LogP contribution in [0.5, 0.6) is 0 Å². The smallest absolute Gasteiger partial charge is 0.238 e. The SMILES string of the molecule is Cc1cc(NC(=O)CN2CCNCC2)ccc1-n1c(C)cc(-c2nc3ncc(Br)c(N)c3[nH]2)c1C. The summed E-state index contributed by atoms with van der Waals surface area (Å²) in [5.41, 5.74) is 14.1. The summed E-state index contributed by atoms with van der Waals surface area (Å²) in [7, 11) is 0. The summed E-state index contributed by atoms with van der Waals surface area (Å²) in [6, 6.07) is 8.14. The van der Waals surface area contributed by atoms with Gasteiger partial charge in [-0.25, -0.2) is 9.97 Å². The zero-order valence-corrected chi connectivity index (χ0v) is 21.7. The molecule has 1 amide bonds. The zero-order valence-electron chi connectivity index (χ0n) is 20.1. The Bertz CT molecular complexity index is 1420. The maximum atomic E-state index is 12.5. The molecule has 0 spiro atoms. The number of pyridine rings is 1. The quantitative estimate of drug-likeness (QED) is 0.310. The van der Waals surface area contributed by atoms with E-state index in [1.165, 1.54) is 0 Å².